The Balaban J connectivity index is 2.07. The molecule has 0 spiro atoms. The van der Waals surface area contributed by atoms with Gasteiger partial charge < -0.3 is 9.84 Å². The third-order valence-corrected chi connectivity index (χ3v) is 4.45. The van der Waals surface area contributed by atoms with Gasteiger partial charge >= 0.3 is 5.97 Å². The van der Waals surface area contributed by atoms with Crippen LogP contribution in [0.5, 0.6) is 5.75 Å². The van der Waals surface area contributed by atoms with E-state index >= 15 is 0 Å². The van der Waals surface area contributed by atoms with Crippen molar-refractivity contribution in [3.63, 3.8) is 0 Å². The van der Waals surface area contributed by atoms with Gasteiger partial charge in [0.15, 0.2) is 0 Å². The van der Waals surface area contributed by atoms with Gasteiger partial charge in [0.2, 0.25) is 0 Å². The number of aryl methyl sites for hydroxylation is 1. The molecule has 0 saturated heterocycles. The Hall–Kier alpha value is -1.51. The first-order valence-corrected chi connectivity index (χ1v) is 6.91. The lowest BCUT2D eigenvalue weighted by Gasteiger charge is -2.29. The maximum absolute atomic E-state index is 11.5. The normalized spacial score (nSPS) is 16.8. The fourth-order valence-corrected chi connectivity index (χ4v) is 2.44. The molecule has 1 aromatic rings. The minimum atomic E-state index is -0.702. The average Bonchev–Trinajstić information content (AvgIpc) is 2.82. The van der Waals surface area contributed by atoms with Crippen LogP contribution < -0.4 is 4.74 Å². The molecule has 1 aromatic carbocycles. The molecule has 0 aromatic heterocycles. The topological polar surface area (TPSA) is 46.5 Å². The molecule has 2 rings (SSSR count). The molecule has 0 fully saturated rings. The number of benzene rings is 1. The second-order valence-electron chi connectivity index (χ2n) is 5.92. The van der Waals surface area contributed by atoms with Crippen LogP contribution in [-0.4, -0.2) is 17.7 Å². The van der Waals surface area contributed by atoms with Crippen LogP contribution >= 0.6 is 0 Å². The first-order chi connectivity index (χ1) is 8.93. The second kappa shape index (κ2) is 5.24. The molecule has 1 unspecified atom stereocenters. The molecule has 0 aliphatic carbocycles. The molecule has 3 heteroatoms. The van der Waals surface area contributed by atoms with Crippen LogP contribution in [0, 0.1) is 11.3 Å². The minimum absolute atomic E-state index is 0.128. The number of fused-ring (bicyclic) bond motifs is 1. The van der Waals surface area contributed by atoms with Gasteiger partial charge in [-0.1, -0.05) is 26.0 Å². The molecule has 0 bridgehead atoms. The molecule has 1 heterocycles. The maximum Gasteiger partial charge on any atom is 0.309 e. The van der Waals surface area contributed by atoms with Crippen molar-refractivity contribution in [2.24, 2.45) is 11.3 Å². The van der Waals surface area contributed by atoms with E-state index in [9.17, 15) is 9.90 Å². The Morgan fingerprint density at radius 2 is 2.21 bits per heavy atom. The molecular formula is C16H22O3. The van der Waals surface area contributed by atoms with Crippen LogP contribution in [0.3, 0.4) is 0 Å². The van der Waals surface area contributed by atoms with Crippen LogP contribution in [0.1, 0.15) is 38.3 Å². The van der Waals surface area contributed by atoms with Crippen molar-refractivity contribution in [3.8, 4) is 5.75 Å². The zero-order valence-electron chi connectivity index (χ0n) is 11.9. The number of rotatable bonds is 5. The van der Waals surface area contributed by atoms with Crippen molar-refractivity contribution in [2.75, 3.05) is 6.61 Å². The molecule has 1 aliphatic rings. The van der Waals surface area contributed by atoms with Crippen LogP contribution in [0.2, 0.25) is 0 Å². The summed E-state index contributed by atoms with van der Waals surface area (Å²) in [4.78, 5) is 11.5. The highest BCUT2D eigenvalue weighted by molar-refractivity contribution is 5.74. The molecule has 0 radical (unpaired) electrons. The third-order valence-electron chi connectivity index (χ3n) is 4.45. The van der Waals surface area contributed by atoms with Crippen molar-refractivity contribution in [3.05, 3.63) is 29.3 Å². The molecule has 1 aliphatic heterocycles. The Labute approximate surface area is 114 Å². The van der Waals surface area contributed by atoms with Crippen molar-refractivity contribution in [1.82, 2.24) is 0 Å². The number of aliphatic carboxylic acids is 1. The summed E-state index contributed by atoms with van der Waals surface area (Å²) in [7, 11) is 0. The lowest BCUT2D eigenvalue weighted by Crippen LogP contribution is -2.33. The zero-order valence-corrected chi connectivity index (χ0v) is 11.9. The Kier molecular flexibility index (Phi) is 3.83. The van der Waals surface area contributed by atoms with E-state index in [1.165, 1.54) is 11.1 Å². The quantitative estimate of drug-likeness (QED) is 0.885. The Bertz CT molecular complexity index is 479. The third kappa shape index (κ3) is 2.75. The summed E-state index contributed by atoms with van der Waals surface area (Å²) in [5.41, 5.74) is 1.80. The van der Waals surface area contributed by atoms with E-state index in [1.54, 1.807) is 0 Å². The van der Waals surface area contributed by atoms with Gasteiger partial charge in [-0.15, -0.1) is 0 Å². The fourth-order valence-electron chi connectivity index (χ4n) is 2.44. The number of carboxylic acids is 1. The average molecular weight is 262 g/mol. The zero-order chi connectivity index (χ0) is 14.0. The largest absolute Gasteiger partial charge is 0.493 e. The van der Waals surface area contributed by atoms with E-state index in [0.29, 0.717) is 6.42 Å². The predicted molar refractivity (Wildman–Crippen MR) is 74.5 cm³/mol. The van der Waals surface area contributed by atoms with Gasteiger partial charge in [-0.05, 0) is 42.9 Å². The lowest BCUT2D eigenvalue weighted by molar-refractivity contribution is -0.151. The summed E-state index contributed by atoms with van der Waals surface area (Å²) >= 11 is 0. The summed E-state index contributed by atoms with van der Waals surface area (Å²) in [6.07, 6.45) is 2.43. The van der Waals surface area contributed by atoms with Crippen LogP contribution in [-0.2, 0) is 17.6 Å². The van der Waals surface area contributed by atoms with Gasteiger partial charge in [0.1, 0.15) is 5.75 Å². The molecule has 0 amide bonds. The number of carbonyl (C=O) groups is 1. The Morgan fingerprint density at radius 3 is 2.84 bits per heavy atom. The fraction of sp³-hybridized carbons (Fsp3) is 0.562. The van der Waals surface area contributed by atoms with Crippen LogP contribution in [0.4, 0.5) is 0 Å². The molecule has 1 atom stereocenters. The van der Waals surface area contributed by atoms with E-state index in [2.05, 4.69) is 6.07 Å². The van der Waals surface area contributed by atoms with Crippen molar-refractivity contribution < 1.29 is 14.6 Å². The lowest BCUT2D eigenvalue weighted by atomic mass is 9.75. The number of hydrogen-bond donors (Lipinski definition) is 1. The highest BCUT2D eigenvalue weighted by atomic mass is 16.5. The smallest absolute Gasteiger partial charge is 0.309 e. The standard InChI is InChI=1S/C16H22O3/c1-11(2)16(3,15(17)18)8-6-12-4-5-14-13(10-12)7-9-19-14/h4-5,10-11H,6-9H2,1-3H3,(H,17,18). The van der Waals surface area contributed by atoms with E-state index in [-0.39, 0.29) is 5.92 Å². The Morgan fingerprint density at radius 1 is 1.47 bits per heavy atom. The summed E-state index contributed by atoms with van der Waals surface area (Å²) in [6.45, 7) is 6.56. The molecule has 104 valence electrons. The molecule has 19 heavy (non-hydrogen) atoms. The highest BCUT2D eigenvalue weighted by Crippen LogP contribution is 2.34. The van der Waals surface area contributed by atoms with Gasteiger partial charge in [0.05, 0.1) is 12.0 Å². The highest BCUT2D eigenvalue weighted by Gasteiger charge is 2.36. The number of hydrogen-bond acceptors (Lipinski definition) is 2. The van der Waals surface area contributed by atoms with Crippen molar-refractivity contribution >= 4 is 5.97 Å². The number of ether oxygens (including phenoxy) is 1. The van der Waals surface area contributed by atoms with E-state index in [4.69, 9.17) is 4.74 Å². The van der Waals surface area contributed by atoms with Crippen molar-refractivity contribution in [1.29, 1.82) is 0 Å². The van der Waals surface area contributed by atoms with Gasteiger partial charge in [0, 0.05) is 6.42 Å². The molecule has 3 nitrogen and oxygen atoms in total. The van der Waals surface area contributed by atoms with Crippen molar-refractivity contribution in [2.45, 2.75) is 40.0 Å². The molecular weight excluding hydrogens is 240 g/mol. The summed E-state index contributed by atoms with van der Waals surface area (Å²) in [5, 5.41) is 9.42. The summed E-state index contributed by atoms with van der Waals surface area (Å²) < 4.78 is 5.48. The SMILES string of the molecule is CC(C)C(C)(CCc1ccc2c(c1)CCO2)C(=O)O. The predicted octanol–water partition coefficient (Wildman–Crippen LogP) is 3.30. The van der Waals surface area contributed by atoms with E-state index < -0.39 is 11.4 Å². The van der Waals surface area contributed by atoms with Gasteiger partial charge in [-0.2, -0.15) is 0 Å². The maximum atomic E-state index is 11.5. The summed E-state index contributed by atoms with van der Waals surface area (Å²) in [5.74, 6) is 0.406. The van der Waals surface area contributed by atoms with Crippen LogP contribution in [0.25, 0.3) is 0 Å². The first kappa shape index (κ1) is 13.9. The minimum Gasteiger partial charge on any atom is -0.493 e. The molecule has 0 saturated carbocycles. The van der Waals surface area contributed by atoms with Gasteiger partial charge in [0.25, 0.3) is 0 Å². The van der Waals surface area contributed by atoms with Gasteiger partial charge in [-0.25, -0.2) is 0 Å². The number of carboxylic acid groups (broad SMARTS) is 1. The monoisotopic (exact) mass is 262 g/mol. The first-order valence-electron chi connectivity index (χ1n) is 6.91. The second-order valence-corrected chi connectivity index (χ2v) is 5.92. The van der Waals surface area contributed by atoms with E-state index in [0.717, 1.165) is 25.2 Å². The molecule has 1 N–H and O–H groups in total. The summed E-state index contributed by atoms with van der Waals surface area (Å²) in [6, 6.07) is 6.21. The van der Waals surface area contributed by atoms with Crippen LogP contribution in [0.15, 0.2) is 18.2 Å². The van der Waals surface area contributed by atoms with E-state index in [1.807, 2.05) is 32.9 Å². The van der Waals surface area contributed by atoms with Gasteiger partial charge in [-0.3, -0.25) is 4.79 Å².